The molecule has 0 aliphatic carbocycles. The van der Waals surface area contributed by atoms with E-state index in [4.69, 9.17) is 0 Å². The van der Waals surface area contributed by atoms with Gasteiger partial charge < -0.3 is 5.32 Å². The number of aromatic nitrogens is 1. The maximum Gasteiger partial charge on any atom is 0.416 e. The Kier molecular flexibility index (Phi) is 4.15. The number of nitrogens with zero attached hydrogens (tertiary/aromatic N) is 1. The summed E-state index contributed by atoms with van der Waals surface area (Å²) in [6, 6.07) is 11.7. The number of amides is 1. The number of halogens is 3. The summed E-state index contributed by atoms with van der Waals surface area (Å²) >= 11 is 0.958. The first-order valence-corrected chi connectivity index (χ1v) is 7.68. The van der Waals surface area contributed by atoms with E-state index in [0.717, 1.165) is 27.6 Å². The van der Waals surface area contributed by atoms with E-state index in [0.29, 0.717) is 10.4 Å². The highest BCUT2D eigenvalue weighted by molar-refractivity contribution is 7.13. The Morgan fingerprint density at radius 2 is 1.83 bits per heavy atom. The van der Waals surface area contributed by atoms with Crippen molar-refractivity contribution in [2.75, 3.05) is 5.32 Å². The van der Waals surface area contributed by atoms with Gasteiger partial charge in [0.25, 0.3) is 5.56 Å². The molecule has 0 spiro atoms. The second-order valence-corrected chi connectivity index (χ2v) is 6.12. The number of alkyl halides is 3. The van der Waals surface area contributed by atoms with E-state index in [1.165, 1.54) is 6.07 Å². The van der Waals surface area contributed by atoms with Gasteiger partial charge in [0.2, 0.25) is 5.91 Å². The molecule has 3 rings (SSSR count). The van der Waals surface area contributed by atoms with Crippen LogP contribution in [0.1, 0.15) is 5.56 Å². The van der Waals surface area contributed by atoms with Crippen molar-refractivity contribution in [1.82, 2.24) is 3.96 Å². The Hall–Kier alpha value is -2.61. The van der Waals surface area contributed by atoms with Crippen molar-refractivity contribution >= 4 is 33.2 Å². The molecule has 0 aliphatic heterocycles. The number of hydrogen-bond acceptors (Lipinski definition) is 3. The Balaban J connectivity index is 1.86. The molecule has 0 saturated heterocycles. The molecular weight excluding hydrogens is 341 g/mol. The van der Waals surface area contributed by atoms with Crippen LogP contribution in [0.5, 0.6) is 0 Å². The summed E-state index contributed by atoms with van der Waals surface area (Å²) in [6.45, 7) is -0.256. The summed E-state index contributed by atoms with van der Waals surface area (Å²) < 4.78 is 39.8. The van der Waals surface area contributed by atoms with E-state index in [-0.39, 0.29) is 11.9 Å². The van der Waals surface area contributed by atoms with Crippen molar-refractivity contribution in [2.24, 2.45) is 0 Å². The summed E-state index contributed by atoms with van der Waals surface area (Å²) in [6.07, 6.45) is -4.52. The van der Waals surface area contributed by atoms with Gasteiger partial charge in [0.15, 0.2) is 0 Å². The Morgan fingerprint density at radius 1 is 1.12 bits per heavy atom. The Morgan fingerprint density at radius 3 is 2.50 bits per heavy atom. The molecule has 0 atom stereocenters. The maximum absolute atomic E-state index is 12.7. The number of anilines is 1. The molecule has 0 radical (unpaired) electrons. The molecule has 124 valence electrons. The maximum atomic E-state index is 12.7. The molecule has 1 N–H and O–H groups in total. The zero-order valence-electron chi connectivity index (χ0n) is 12.1. The first kappa shape index (κ1) is 16.3. The largest absolute Gasteiger partial charge is 0.416 e. The quantitative estimate of drug-likeness (QED) is 0.781. The lowest BCUT2D eigenvalue weighted by molar-refractivity contribution is -0.137. The smallest absolute Gasteiger partial charge is 0.325 e. The van der Waals surface area contributed by atoms with Gasteiger partial charge in [-0.05, 0) is 30.3 Å². The van der Waals surface area contributed by atoms with Crippen LogP contribution in [-0.4, -0.2) is 9.86 Å². The van der Waals surface area contributed by atoms with Gasteiger partial charge in [0.05, 0.1) is 15.6 Å². The molecule has 3 aromatic rings. The zero-order chi connectivity index (χ0) is 17.3. The number of carbonyl (C=O) groups is 1. The highest BCUT2D eigenvalue weighted by Gasteiger charge is 2.31. The van der Waals surface area contributed by atoms with E-state index in [1.54, 1.807) is 30.3 Å². The number of fused-ring (bicyclic) bond motifs is 1. The minimum absolute atomic E-state index is 0.0395. The number of carbonyl (C=O) groups excluding carboxylic acids is 1. The fourth-order valence-corrected chi connectivity index (χ4v) is 3.18. The van der Waals surface area contributed by atoms with E-state index in [1.807, 2.05) is 0 Å². The Labute approximate surface area is 138 Å². The van der Waals surface area contributed by atoms with Crippen molar-refractivity contribution in [2.45, 2.75) is 12.7 Å². The number of para-hydroxylation sites is 1. The average molecular weight is 352 g/mol. The van der Waals surface area contributed by atoms with Crippen LogP contribution in [0.25, 0.3) is 10.1 Å². The summed E-state index contributed by atoms with van der Waals surface area (Å²) in [4.78, 5) is 24.2. The lowest BCUT2D eigenvalue weighted by Crippen LogP contribution is -2.23. The van der Waals surface area contributed by atoms with Crippen molar-refractivity contribution in [3.05, 3.63) is 64.4 Å². The SMILES string of the molecule is O=C(Cn1sc2ccc(C(F)(F)F)cc2c1=O)Nc1ccccc1. The van der Waals surface area contributed by atoms with Crippen LogP contribution >= 0.6 is 11.5 Å². The lowest BCUT2D eigenvalue weighted by atomic mass is 10.2. The molecule has 0 bridgehead atoms. The topological polar surface area (TPSA) is 51.1 Å². The van der Waals surface area contributed by atoms with Crippen LogP contribution in [0.3, 0.4) is 0 Å². The standard InChI is InChI=1S/C16H11F3N2O2S/c17-16(18,19)10-6-7-13-12(8-10)15(23)21(24-13)9-14(22)20-11-4-2-1-3-5-11/h1-8H,9H2,(H,20,22). The van der Waals surface area contributed by atoms with Crippen molar-refractivity contribution in [1.29, 1.82) is 0 Å². The fourth-order valence-electron chi connectivity index (χ4n) is 2.20. The molecule has 0 aliphatic rings. The molecule has 4 nitrogen and oxygen atoms in total. The zero-order valence-corrected chi connectivity index (χ0v) is 12.9. The van der Waals surface area contributed by atoms with Crippen LogP contribution in [0.4, 0.5) is 18.9 Å². The van der Waals surface area contributed by atoms with Gasteiger partial charge in [-0.2, -0.15) is 13.2 Å². The highest BCUT2D eigenvalue weighted by Crippen LogP contribution is 2.31. The van der Waals surface area contributed by atoms with Crippen molar-refractivity contribution in [3.63, 3.8) is 0 Å². The number of nitrogens with one attached hydrogen (secondary N) is 1. The number of benzene rings is 2. The average Bonchev–Trinajstić information content (AvgIpc) is 2.83. The van der Waals surface area contributed by atoms with Gasteiger partial charge in [-0.25, -0.2) is 0 Å². The monoisotopic (exact) mass is 352 g/mol. The van der Waals surface area contributed by atoms with Gasteiger partial charge in [-0.3, -0.25) is 13.5 Å². The van der Waals surface area contributed by atoms with Gasteiger partial charge in [-0.15, -0.1) is 0 Å². The van der Waals surface area contributed by atoms with Gasteiger partial charge >= 0.3 is 6.18 Å². The molecular formula is C16H11F3N2O2S. The van der Waals surface area contributed by atoms with E-state index >= 15 is 0 Å². The predicted molar refractivity (Wildman–Crippen MR) is 86.2 cm³/mol. The molecule has 24 heavy (non-hydrogen) atoms. The summed E-state index contributed by atoms with van der Waals surface area (Å²) in [5, 5.41) is 2.59. The molecule has 1 aromatic heterocycles. The second-order valence-electron chi connectivity index (χ2n) is 5.06. The first-order chi connectivity index (χ1) is 11.3. The summed E-state index contributed by atoms with van der Waals surface area (Å²) in [5.41, 5.74) is -0.911. The van der Waals surface area contributed by atoms with Crippen LogP contribution in [0.15, 0.2) is 53.3 Å². The van der Waals surface area contributed by atoms with Crippen LogP contribution in [-0.2, 0) is 17.5 Å². The van der Waals surface area contributed by atoms with Crippen LogP contribution in [0.2, 0.25) is 0 Å². The molecule has 2 aromatic carbocycles. The van der Waals surface area contributed by atoms with Crippen LogP contribution in [0, 0.1) is 0 Å². The normalized spacial score (nSPS) is 11.6. The van der Waals surface area contributed by atoms with Gasteiger partial charge in [0.1, 0.15) is 6.54 Å². The minimum atomic E-state index is -4.52. The van der Waals surface area contributed by atoms with E-state index < -0.39 is 23.2 Å². The fraction of sp³-hybridized carbons (Fsp3) is 0.125. The lowest BCUT2D eigenvalue weighted by Gasteiger charge is -2.04. The predicted octanol–water partition coefficient (Wildman–Crippen LogP) is 3.72. The van der Waals surface area contributed by atoms with Gasteiger partial charge in [-0.1, -0.05) is 29.7 Å². The van der Waals surface area contributed by atoms with Crippen LogP contribution < -0.4 is 10.9 Å². The third-order valence-electron chi connectivity index (χ3n) is 3.32. The first-order valence-electron chi connectivity index (χ1n) is 6.90. The molecule has 8 heteroatoms. The summed E-state index contributed by atoms with van der Waals surface area (Å²) in [7, 11) is 0. The minimum Gasteiger partial charge on any atom is -0.325 e. The van der Waals surface area contributed by atoms with E-state index in [9.17, 15) is 22.8 Å². The molecule has 0 saturated carbocycles. The number of hydrogen-bond donors (Lipinski definition) is 1. The van der Waals surface area contributed by atoms with Gasteiger partial charge in [0, 0.05) is 5.69 Å². The second kappa shape index (κ2) is 6.12. The molecule has 1 amide bonds. The van der Waals surface area contributed by atoms with Crippen molar-refractivity contribution in [3.8, 4) is 0 Å². The molecule has 0 fully saturated rings. The third kappa shape index (κ3) is 3.33. The van der Waals surface area contributed by atoms with Crippen molar-refractivity contribution < 1.29 is 18.0 Å². The summed E-state index contributed by atoms with van der Waals surface area (Å²) in [5.74, 6) is -0.425. The number of rotatable bonds is 3. The van der Waals surface area contributed by atoms with E-state index in [2.05, 4.69) is 5.32 Å². The third-order valence-corrected chi connectivity index (χ3v) is 4.39. The Bertz CT molecular complexity index is 945. The highest BCUT2D eigenvalue weighted by atomic mass is 32.1. The molecule has 0 unspecified atom stereocenters. The molecule has 1 heterocycles.